The maximum Gasteiger partial charge on any atom is 0.336 e. The fourth-order valence-electron chi connectivity index (χ4n) is 2.48. The average molecular weight is 421 g/mol. The van der Waals surface area contributed by atoms with Crippen LogP contribution in [0.2, 0.25) is 10.0 Å². The molecule has 7 nitrogen and oxygen atoms in total. The second kappa shape index (κ2) is 8.33. The largest absolute Gasteiger partial charge is 0.484 e. The van der Waals surface area contributed by atoms with Gasteiger partial charge in [-0.3, -0.25) is 20.4 Å². The van der Waals surface area contributed by atoms with Gasteiger partial charge in [-0.05, 0) is 36.8 Å². The van der Waals surface area contributed by atoms with Gasteiger partial charge < -0.3 is 9.15 Å². The van der Waals surface area contributed by atoms with E-state index < -0.39 is 17.4 Å². The number of fused-ring (bicyclic) bond motifs is 1. The molecule has 3 aromatic rings. The van der Waals surface area contributed by atoms with Crippen LogP contribution in [-0.4, -0.2) is 18.4 Å². The minimum Gasteiger partial charge on any atom is -0.484 e. The molecule has 0 fully saturated rings. The standard InChI is InChI=1S/C19H14Cl2N2O5/c1-10-7-17(25)28-15-8-11(5-6-12(10)15)27-9-16(24)22-23-19(26)18-13(20)3-2-4-14(18)21/h2-8H,9H2,1H3,(H,22,24)(H,23,26). The molecule has 0 aliphatic rings. The highest BCUT2D eigenvalue weighted by atomic mass is 35.5. The van der Waals surface area contributed by atoms with Crippen molar-refractivity contribution in [3.8, 4) is 5.75 Å². The summed E-state index contributed by atoms with van der Waals surface area (Å²) in [5, 5.41) is 1.08. The van der Waals surface area contributed by atoms with Crippen LogP contribution in [0, 0.1) is 6.92 Å². The number of nitrogens with one attached hydrogen (secondary N) is 2. The van der Waals surface area contributed by atoms with Crippen LogP contribution in [-0.2, 0) is 4.79 Å². The first-order valence-electron chi connectivity index (χ1n) is 8.05. The molecule has 2 amide bonds. The highest BCUT2D eigenvalue weighted by molar-refractivity contribution is 6.39. The van der Waals surface area contributed by atoms with Crippen molar-refractivity contribution < 1.29 is 18.7 Å². The molecule has 0 bridgehead atoms. The van der Waals surface area contributed by atoms with Gasteiger partial charge in [0.2, 0.25) is 0 Å². The zero-order valence-electron chi connectivity index (χ0n) is 14.5. The van der Waals surface area contributed by atoms with Gasteiger partial charge in [0.05, 0.1) is 15.6 Å². The van der Waals surface area contributed by atoms with E-state index in [1.807, 2.05) is 0 Å². The van der Waals surface area contributed by atoms with Crippen LogP contribution in [0.3, 0.4) is 0 Å². The third kappa shape index (κ3) is 4.44. The van der Waals surface area contributed by atoms with E-state index in [1.54, 1.807) is 25.1 Å². The van der Waals surface area contributed by atoms with Gasteiger partial charge in [-0.1, -0.05) is 29.3 Å². The van der Waals surface area contributed by atoms with E-state index in [2.05, 4.69) is 10.9 Å². The summed E-state index contributed by atoms with van der Waals surface area (Å²) in [6, 6.07) is 10.9. The maximum atomic E-state index is 12.1. The summed E-state index contributed by atoms with van der Waals surface area (Å²) in [7, 11) is 0. The number of aryl methyl sites for hydroxylation is 1. The Labute approximate surface area is 169 Å². The molecule has 9 heteroatoms. The number of amides is 2. The first-order valence-corrected chi connectivity index (χ1v) is 8.81. The zero-order valence-corrected chi connectivity index (χ0v) is 16.1. The Hall–Kier alpha value is -3.03. The van der Waals surface area contributed by atoms with Crippen molar-refractivity contribution in [3.05, 3.63) is 74.1 Å². The number of carbonyl (C=O) groups excluding carboxylic acids is 2. The Bertz CT molecular complexity index is 1110. The Balaban J connectivity index is 1.59. The van der Waals surface area contributed by atoms with Crippen molar-refractivity contribution in [1.29, 1.82) is 0 Å². The fraction of sp³-hybridized carbons (Fsp3) is 0.105. The van der Waals surface area contributed by atoms with Crippen LogP contribution < -0.4 is 21.2 Å². The number of halogens is 2. The van der Waals surface area contributed by atoms with Gasteiger partial charge in [0.25, 0.3) is 11.8 Å². The smallest absolute Gasteiger partial charge is 0.336 e. The van der Waals surface area contributed by atoms with Gasteiger partial charge in [0.15, 0.2) is 6.61 Å². The minimum atomic E-state index is -0.660. The number of hydrazine groups is 1. The predicted octanol–water partition coefficient (Wildman–Crippen LogP) is 3.25. The van der Waals surface area contributed by atoms with Gasteiger partial charge >= 0.3 is 5.63 Å². The Morgan fingerprint density at radius 1 is 1.07 bits per heavy atom. The third-order valence-corrected chi connectivity index (χ3v) is 4.43. The molecule has 0 saturated heterocycles. The summed E-state index contributed by atoms with van der Waals surface area (Å²) >= 11 is 11.9. The summed E-state index contributed by atoms with van der Waals surface area (Å²) in [5.41, 5.74) is 5.12. The molecule has 0 radical (unpaired) electrons. The van der Waals surface area contributed by atoms with E-state index in [4.69, 9.17) is 32.4 Å². The third-order valence-electron chi connectivity index (χ3n) is 3.80. The monoisotopic (exact) mass is 420 g/mol. The minimum absolute atomic E-state index is 0.0481. The Morgan fingerprint density at radius 3 is 2.50 bits per heavy atom. The molecular weight excluding hydrogens is 407 g/mol. The van der Waals surface area contributed by atoms with E-state index in [-0.39, 0.29) is 22.2 Å². The first-order chi connectivity index (χ1) is 13.3. The van der Waals surface area contributed by atoms with Crippen LogP contribution in [0.15, 0.2) is 51.7 Å². The van der Waals surface area contributed by atoms with Crippen molar-refractivity contribution in [2.24, 2.45) is 0 Å². The zero-order chi connectivity index (χ0) is 20.3. The van der Waals surface area contributed by atoms with Crippen molar-refractivity contribution in [1.82, 2.24) is 10.9 Å². The topological polar surface area (TPSA) is 97.6 Å². The molecule has 0 atom stereocenters. The molecule has 1 aromatic heterocycles. The molecule has 144 valence electrons. The van der Waals surface area contributed by atoms with Gasteiger partial charge in [-0.15, -0.1) is 0 Å². The molecule has 0 saturated carbocycles. The average Bonchev–Trinajstić information content (AvgIpc) is 2.64. The van der Waals surface area contributed by atoms with Gasteiger partial charge in [-0.25, -0.2) is 4.79 Å². The molecule has 28 heavy (non-hydrogen) atoms. The molecule has 2 aromatic carbocycles. The molecule has 0 spiro atoms. The first kappa shape index (κ1) is 19.7. The van der Waals surface area contributed by atoms with Gasteiger partial charge in [0.1, 0.15) is 11.3 Å². The molecule has 0 aliphatic carbocycles. The molecule has 0 unspecified atom stereocenters. The molecule has 2 N–H and O–H groups in total. The van der Waals surface area contributed by atoms with Crippen LogP contribution in [0.5, 0.6) is 5.75 Å². The van der Waals surface area contributed by atoms with Crippen molar-refractivity contribution in [2.45, 2.75) is 6.92 Å². The SMILES string of the molecule is Cc1cc(=O)oc2cc(OCC(=O)NNC(=O)c3c(Cl)cccc3Cl)ccc12. The van der Waals surface area contributed by atoms with E-state index in [9.17, 15) is 14.4 Å². The fourth-order valence-corrected chi connectivity index (χ4v) is 3.05. The summed E-state index contributed by atoms with van der Waals surface area (Å²) in [4.78, 5) is 35.5. The van der Waals surface area contributed by atoms with E-state index in [0.29, 0.717) is 11.3 Å². The summed E-state index contributed by atoms with van der Waals surface area (Å²) < 4.78 is 10.5. The quantitative estimate of drug-likeness (QED) is 0.498. The number of hydrogen-bond donors (Lipinski definition) is 2. The Kier molecular flexibility index (Phi) is 5.87. The predicted molar refractivity (Wildman–Crippen MR) is 105 cm³/mol. The molecule has 3 rings (SSSR count). The van der Waals surface area contributed by atoms with Crippen molar-refractivity contribution >= 4 is 46.0 Å². The number of ether oxygens (including phenoxy) is 1. The summed E-state index contributed by atoms with van der Waals surface area (Å²) in [5.74, 6) is -0.939. The van der Waals surface area contributed by atoms with Crippen LogP contribution in [0.25, 0.3) is 11.0 Å². The van der Waals surface area contributed by atoms with Crippen molar-refractivity contribution in [3.63, 3.8) is 0 Å². The number of hydrogen-bond acceptors (Lipinski definition) is 5. The molecular formula is C19H14Cl2N2O5. The van der Waals surface area contributed by atoms with Gasteiger partial charge in [-0.2, -0.15) is 0 Å². The van der Waals surface area contributed by atoms with Crippen molar-refractivity contribution in [2.75, 3.05) is 6.61 Å². The maximum absolute atomic E-state index is 12.1. The number of benzene rings is 2. The van der Waals surface area contributed by atoms with Crippen LogP contribution in [0.4, 0.5) is 0 Å². The lowest BCUT2D eigenvalue weighted by atomic mass is 10.1. The van der Waals surface area contributed by atoms with Crippen LogP contribution in [0.1, 0.15) is 15.9 Å². The van der Waals surface area contributed by atoms with Crippen LogP contribution >= 0.6 is 23.2 Å². The normalized spacial score (nSPS) is 10.5. The Morgan fingerprint density at radius 2 is 1.79 bits per heavy atom. The lowest BCUT2D eigenvalue weighted by Gasteiger charge is -2.11. The van der Waals surface area contributed by atoms with E-state index >= 15 is 0 Å². The number of rotatable bonds is 4. The molecule has 0 aliphatic heterocycles. The van der Waals surface area contributed by atoms with E-state index in [0.717, 1.165) is 10.9 Å². The number of carbonyl (C=O) groups is 2. The highest BCUT2D eigenvalue weighted by Gasteiger charge is 2.15. The lowest BCUT2D eigenvalue weighted by Crippen LogP contribution is -2.44. The molecule has 1 heterocycles. The lowest BCUT2D eigenvalue weighted by molar-refractivity contribution is -0.123. The second-order valence-electron chi connectivity index (χ2n) is 5.79. The highest BCUT2D eigenvalue weighted by Crippen LogP contribution is 2.24. The van der Waals surface area contributed by atoms with E-state index in [1.165, 1.54) is 24.3 Å². The summed E-state index contributed by atoms with van der Waals surface area (Å²) in [6.07, 6.45) is 0. The van der Waals surface area contributed by atoms with Gasteiger partial charge in [0, 0.05) is 17.5 Å². The summed E-state index contributed by atoms with van der Waals surface area (Å²) in [6.45, 7) is 1.42. The second-order valence-corrected chi connectivity index (χ2v) is 6.61.